The first kappa shape index (κ1) is 26.1. The minimum absolute atomic E-state index is 0. The van der Waals surface area contributed by atoms with Gasteiger partial charge in [-0.25, -0.2) is 8.42 Å². The minimum atomic E-state index is -4.11. The van der Waals surface area contributed by atoms with Gasteiger partial charge in [0.15, 0.2) is 0 Å². The number of aliphatic hydroxyl groups excluding tert-OH is 1. The van der Waals surface area contributed by atoms with Crippen LogP contribution in [-0.4, -0.2) is 29.4 Å². The fourth-order valence-corrected chi connectivity index (χ4v) is 3.64. The molecule has 0 rings (SSSR count). The second-order valence-electron chi connectivity index (χ2n) is 6.37. The van der Waals surface area contributed by atoms with Crippen LogP contribution in [-0.2, 0) is 10.1 Å². The molecule has 0 aromatic carbocycles. The van der Waals surface area contributed by atoms with Gasteiger partial charge in [0.25, 0.3) is 0 Å². The van der Waals surface area contributed by atoms with Crippen molar-refractivity contribution < 1.29 is 47.6 Å². The molecule has 6 heteroatoms. The summed E-state index contributed by atoms with van der Waals surface area (Å²) in [4.78, 5) is 0. The fraction of sp³-hybridized carbons (Fsp3) is 1.00. The monoisotopic (exact) mass is 358 g/mol. The number of aliphatic hydroxyl groups is 1. The van der Waals surface area contributed by atoms with Crippen LogP contribution in [0, 0.1) is 0 Å². The van der Waals surface area contributed by atoms with Gasteiger partial charge in [0.05, 0.1) is 16.2 Å². The van der Waals surface area contributed by atoms with E-state index in [2.05, 4.69) is 6.92 Å². The molecule has 0 aliphatic carbocycles. The molecule has 0 spiro atoms. The van der Waals surface area contributed by atoms with Gasteiger partial charge in [-0.1, -0.05) is 71.6 Å². The Morgan fingerprint density at radius 2 is 1.26 bits per heavy atom. The van der Waals surface area contributed by atoms with Gasteiger partial charge in [-0.15, -0.1) is 0 Å². The summed E-state index contributed by atoms with van der Waals surface area (Å²) < 4.78 is 32.8. The number of hydrogen-bond acceptors (Lipinski definition) is 4. The third-order valence-electron chi connectivity index (χ3n) is 4.32. The van der Waals surface area contributed by atoms with Crippen molar-refractivity contribution in [3.05, 3.63) is 0 Å². The maximum atomic E-state index is 10.9. The van der Waals surface area contributed by atoms with Crippen LogP contribution < -0.4 is 29.6 Å². The van der Waals surface area contributed by atoms with E-state index in [4.69, 9.17) is 0 Å². The molecule has 2 atom stereocenters. The number of rotatable bonds is 15. The average molecular weight is 359 g/mol. The first-order chi connectivity index (χ1) is 10.4. The van der Waals surface area contributed by atoms with E-state index in [-0.39, 0.29) is 35.7 Å². The molecule has 0 aliphatic heterocycles. The summed E-state index contributed by atoms with van der Waals surface area (Å²) in [7, 11) is -4.11. The standard InChI is InChI=1S/C17H36O4S.Na/c1-3-5-13-16(18)14-11-9-7-6-8-10-12-15-17(4-2)22(19,20)21;/h16-18H,3-15H2,1-2H3,(H,19,20,21);/q;+1/p-1. The Bertz CT molecular complexity index is 347. The summed E-state index contributed by atoms with van der Waals surface area (Å²) in [6.45, 7) is 3.90. The average Bonchev–Trinajstić information content (AvgIpc) is 2.45. The quantitative estimate of drug-likeness (QED) is 0.272. The van der Waals surface area contributed by atoms with Gasteiger partial charge in [0, 0.05) is 5.25 Å². The number of hydrogen-bond donors (Lipinski definition) is 1. The van der Waals surface area contributed by atoms with E-state index in [0.29, 0.717) is 12.8 Å². The largest absolute Gasteiger partial charge is 1.00 e. The molecule has 0 aromatic rings. The molecule has 134 valence electrons. The van der Waals surface area contributed by atoms with Crippen molar-refractivity contribution in [2.45, 2.75) is 109 Å². The van der Waals surface area contributed by atoms with Gasteiger partial charge >= 0.3 is 29.6 Å². The van der Waals surface area contributed by atoms with E-state index in [1.165, 1.54) is 6.42 Å². The molecule has 0 saturated carbocycles. The van der Waals surface area contributed by atoms with Crippen molar-refractivity contribution in [3.63, 3.8) is 0 Å². The fourth-order valence-electron chi connectivity index (χ4n) is 2.77. The maximum Gasteiger partial charge on any atom is 1.00 e. The predicted molar refractivity (Wildman–Crippen MR) is 90.9 cm³/mol. The Labute approximate surface area is 165 Å². The van der Waals surface area contributed by atoms with Crippen molar-refractivity contribution in [2.75, 3.05) is 0 Å². The Hall–Kier alpha value is 0.870. The Morgan fingerprint density at radius 3 is 1.70 bits per heavy atom. The van der Waals surface area contributed by atoms with Crippen LogP contribution in [0.1, 0.15) is 97.3 Å². The first-order valence-corrected chi connectivity index (χ1v) is 10.5. The van der Waals surface area contributed by atoms with Gasteiger partial charge in [0.1, 0.15) is 0 Å². The molecule has 0 heterocycles. The van der Waals surface area contributed by atoms with Crippen LogP contribution in [0.2, 0.25) is 0 Å². The zero-order valence-electron chi connectivity index (χ0n) is 15.4. The van der Waals surface area contributed by atoms with Gasteiger partial charge in [-0.3, -0.25) is 0 Å². The molecule has 1 N–H and O–H groups in total. The van der Waals surface area contributed by atoms with Crippen molar-refractivity contribution in [1.29, 1.82) is 0 Å². The third-order valence-corrected chi connectivity index (χ3v) is 5.70. The normalized spacial score (nSPS) is 14.3. The van der Waals surface area contributed by atoms with E-state index in [1.54, 1.807) is 6.92 Å². The summed E-state index contributed by atoms with van der Waals surface area (Å²) in [5.41, 5.74) is 0. The summed E-state index contributed by atoms with van der Waals surface area (Å²) >= 11 is 0. The molecule has 0 saturated heterocycles. The van der Waals surface area contributed by atoms with E-state index in [0.717, 1.165) is 64.2 Å². The molecule has 0 radical (unpaired) electrons. The van der Waals surface area contributed by atoms with Crippen LogP contribution in [0.4, 0.5) is 0 Å². The van der Waals surface area contributed by atoms with Crippen LogP contribution >= 0.6 is 0 Å². The van der Waals surface area contributed by atoms with Crippen LogP contribution in [0.15, 0.2) is 0 Å². The molecule has 0 aliphatic rings. The van der Waals surface area contributed by atoms with Crippen molar-refractivity contribution in [1.82, 2.24) is 0 Å². The zero-order chi connectivity index (χ0) is 16.8. The smallest absolute Gasteiger partial charge is 0.748 e. The van der Waals surface area contributed by atoms with E-state index in [1.807, 2.05) is 0 Å². The summed E-state index contributed by atoms with van der Waals surface area (Å²) in [5, 5.41) is 9.02. The molecule has 0 aromatic heterocycles. The molecule has 0 fully saturated rings. The summed E-state index contributed by atoms with van der Waals surface area (Å²) in [5.74, 6) is 0. The molecule has 0 amide bonds. The zero-order valence-corrected chi connectivity index (χ0v) is 18.2. The molecule has 23 heavy (non-hydrogen) atoms. The minimum Gasteiger partial charge on any atom is -0.748 e. The molecule has 0 bridgehead atoms. The van der Waals surface area contributed by atoms with E-state index >= 15 is 0 Å². The third kappa shape index (κ3) is 16.1. The molecule has 2 unspecified atom stereocenters. The van der Waals surface area contributed by atoms with Gasteiger partial charge < -0.3 is 9.66 Å². The van der Waals surface area contributed by atoms with E-state index < -0.39 is 15.4 Å². The van der Waals surface area contributed by atoms with Crippen molar-refractivity contribution >= 4 is 10.1 Å². The van der Waals surface area contributed by atoms with Gasteiger partial charge in [-0.2, -0.15) is 0 Å². The molecular weight excluding hydrogens is 323 g/mol. The Morgan fingerprint density at radius 1 is 0.826 bits per heavy atom. The van der Waals surface area contributed by atoms with Crippen LogP contribution in [0.5, 0.6) is 0 Å². The summed E-state index contributed by atoms with van der Waals surface area (Å²) in [6, 6.07) is 0. The van der Waals surface area contributed by atoms with Gasteiger partial charge in [0.2, 0.25) is 0 Å². The topological polar surface area (TPSA) is 77.4 Å². The first-order valence-electron chi connectivity index (χ1n) is 9.04. The van der Waals surface area contributed by atoms with Crippen LogP contribution in [0.25, 0.3) is 0 Å². The summed E-state index contributed by atoms with van der Waals surface area (Å²) in [6.07, 6.45) is 12.4. The molecule has 4 nitrogen and oxygen atoms in total. The molecular formula is C17H35NaO4S. The second kappa shape index (κ2) is 16.3. The van der Waals surface area contributed by atoms with Crippen LogP contribution in [0.3, 0.4) is 0 Å². The number of unbranched alkanes of at least 4 members (excludes halogenated alkanes) is 7. The Balaban J connectivity index is 0. The van der Waals surface area contributed by atoms with Crippen molar-refractivity contribution in [3.8, 4) is 0 Å². The Kier molecular flexibility index (Phi) is 18.5. The SMILES string of the molecule is CCCCC(O)CCCCCCCCCC(CC)S(=O)(=O)[O-].[Na+]. The van der Waals surface area contributed by atoms with Gasteiger partial charge in [-0.05, 0) is 25.7 Å². The predicted octanol–water partition coefficient (Wildman–Crippen LogP) is 1.38. The van der Waals surface area contributed by atoms with E-state index in [9.17, 15) is 18.1 Å². The maximum absolute atomic E-state index is 10.9. The second-order valence-corrected chi connectivity index (χ2v) is 8.02. The van der Waals surface area contributed by atoms with Crippen molar-refractivity contribution in [2.24, 2.45) is 0 Å².